The second kappa shape index (κ2) is 2.75. The predicted octanol–water partition coefficient (Wildman–Crippen LogP) is 1.30. The van der Waals surface area contributed by atoms with Crippen LogP contribution in [-0.4, -0.2) is 11.8 Å². The number of amides is 1. The van der Waals surface area contributed by atoms with Crippen LogP contribution in [0.15, 0.2) is 0 Å². The molecule has 0 unspecified atom stereocenters. The summed E-state index contributed by atoms with van der Waals surface area (Å²) < 4.78 is 25.6. The molecular formula is C7H11F2NO. The number of rotatable bonds is 1. The third-order valence-corrected chi connectivity index (χ3v) is 2.11. The quantitative estimate of drug-likeness (QED) is 0.622. The first-order valence-electron chi connectivity index (χ1n) is 3.71. The molecule has 0 radical (unpaired) electrons. The Bertz CT molecular complexity index is 170. The minimum Gasteiger partial charge on any atom is -0.369 e. The zero-order valence-corrected chi connectivity index (χ0v) is 6.15. The van der Waals surface area contributed by atoms with E-state index in [0.717, 1.165) is 0 Å². The highest BCUT2D eigenvalue weighted by Gasteiger charge is 2.44. The summed E-state index contributed by atoms with van der Waals surface area (Å²) in [7, 11) is 0. The van der Waals surface area contributed by atoms with Gasteiger partial charge >= 0.3 is 0 Å². The van der Waals surface area contributed by atoms with E-state index in [0.29, 0.717) is 12.8 Å². The van der Waals surface area contributed by atoms with Crippen LogP contribution in [0, 0.1) is 5.92 Å². The van der Waals surface area contributed by atoms with Crippen molar-refractivity contribution in [2.75, 3.05) is 0 Å². The highest BCUT2D eigenvalue weighted by atomic mass is 19.3. The van der Waals surface area contributed by atoms with Crippen molar-refractivity contribution in [2.24, 2.45) is 11.7 Å². The Labute approximate surface area is 63.8 Å². The molecule has 1 aliphatic carbocycles. The van der Waals surface area contributed by atoms with Crippen LogP contribution < -0.4 is 5.73 Å². The Morgan fingerprint density at radius 3 is 2.45 bits per heavy atom. The molecule has 2 nitrogen and oxygen atoms in total. The highest BCUT2D eigenvalue weighted by molar-refractivity contribution is 5.77. The minimum atomic E-state index is -2.86. The van der Waals surface area contributed by atoms with Crippen molar-refractivity contribution >= 4 is 5.91 Å². The Kier molecular flexibility index (Phi) is 2.11. The second-order valence-corrected chi connectivity index (χ2v) is 2.96. The third kappa shape index (κ3) is 1.67. The summed E-state index contributed by atoms with van der Waals surface area (Å²) in [6, 6.07) is 0. The zero-order valence-electron chi connectivity index (χ0n) is 6.15. The van der Waals surface area contributed by atoms with Gasteiger partial charge in [0.15, 0.2) is 0 Å². The van der Waals surface area contributed by atoms with Crippen molar-refractivity contribution in [1.29, 1.82) is 0 Å². The summed E-state index contributed by atoms with van der Waals surface area (Å²) in [5, 5.41) is 0. The molecule has 11 heavy (non-hydrogen) atoms. The third-order valence-electron chi connectivity index (χ3n) is 2.11. The fourth-order valence-electron chi connectivity index (χ4n) is 1.44. The van der Waals surface area contributed by atoms with Crippen LogP contribution in [0.25, 0.3) is 0 Å². The molecule has 2 N–H and O–H groups in total. The van der Waals surface area contributed by atoms with Gasteiger partial charge in [-0.2, -0.15) is 0 Å². The molecule has 1 rings (SSSR count). The maximum atomic E-state index is 12.8. The van der Waals surface area contributed by atoms with Crippen LogP contribution in [0.2, 0.25) is 0 Å². The molecule has 64 valence electrons. The monoisotopic (exact) mass is 163 g/mol. The van der Waals surface area contributed by atoms with Gasteiger partial charge in [-0.1, -0.05) is 6.42 Å². The first-order chi connectivity index (χ1) is 5.04. The van der Waals surface area contributed by atoms with E-state index < -0.39 is 17.7 Å². The Hall–Kier alpha value is -0.670. The maximum Gasteiger partial charge on any atom is 0.259 e. The van der Waals surface area contributed by atoms with Gasteiger partial charge in [-0.15, -0.1) is 0 Å². The van der Waals surface area contributed by atoms with E-state index in [1.807, 2.05) is 0 Å². The molecule has 0 spiro atoms. The number of carbonyl (C=O) groups is 1. The van der Waals surface area contributed by atoms with Gasteiger partial charge < -0.3 is 5.73 Å². The van der Waals surface area contributed by atoms with Crippen LogP contribution in [0.1, 0.15) is 25.7 Å². The van der Waals surface area contributed by atoms with Gasteiger partial charge in [0.2, 0.25) is 5.91 Å². The largest absolute Gasteiger partial charge is 0.369 e. The van der Waals surface area contributed by atoms with E-state index in [-0.39, 0.29) is 12.8 Å². The predicted molar refractivity (Wildman–Crippen MR) is 36.1 cm³/mol. The second-order valence-electron chi connectivity index (χ2n) is 2.96. The lowest BCUT2D eigenvalue weighted by Crippen LogP contribution is -2.40. The van der Waals surface area contributed by atoms with Crippen molar-refractivity contribution in [3.8, 4) is 0 Å². The molecule has 1 aliphatic rings. The molecule has 0 aromatic carbocycles. The number of hydrogen-bond acceptors (Lipinski definition) is 1. The number of nitrogens with two attached hydrogens (primary N) is 1. The van der Waals surface area contributed by atoms with Crippen LogP contribution >= 0.6 is 0 Å². The maximum absolute atomic E-state index is 12.8. The van der Waals surface area contributed by atoms with Crippen molar-refractivity contribution in [1.82, 2.24) is 0 Å². The van der Waals surface area contributed by atoms with E-state index in [1.165, 1.54) is 0 Å². The standard InChI is InChI=1S/C7H11F2NO/c8-7(9)4-2-1-3-5(7)6(10)11/h5H,1-4H2,(H2,10,11)/t5-/m1/s1. The lowest BCUT2D eigenvalue weighted by atomic mass is 9.85. The van der Waals surface area contributed by atoms with Gasteiger partial charge in [0.05, 0.1) is 0 Å². The first kappa shape index (κ1) is 8.43. The molecule has 1 amide bonds. The first-order valence-corrected chi connectivity index (χ1v) is 3.71. The summed E-state index contributed by atoms with van der Waals surface area (Å²) in [6.45, 7) is 0. The van der Waals surface area contributed by atoms with Gasteiger partial charge in [0.1, 0.15) is 5.92 Å². The van der Waals surface area contributed by atoms with E-state index >= 15 is 0 Å². The fourth-order valence-corrected chi connectivity index (χ4v) is 1.44. The molecule has 0 aromatic heterocycles. The summed E-state index contributed by atoms with van der Waals surface area (Å²) in [5.74, 6) is -4.95. The lowest BCUT2D eigenvalue weighted by Gasteiger charge is -2.28. The topological polar surface area (TPSA) is 43.1 Å². The summed E-state index contributed by atoms with van der Waals surface area (Å²) in [4.78, 5) is 10.5. The Balaban J connectivity index is 2.67. The van der Waals surface area contributed by atoms with Crippen LogP contribution in [-0.2, 0) is 4.79 Å². The van der Waals surface area contributed by atoms with Crippen LogP contribution in [0.3, 0.4) is 0 Å². The summed E-state index contributed by atoms with van der Waals surface area (Å²) in [6.07, 6.45) is 1.23. The number of carbonyl (C=O) groups excluding carboxylic acids is 1. The normalized spacial score (nSPS) is 29.8. The molecular weight excluding hydrogens is 152 g/mol. The molecule has 0 aromatic rings. The number of hydrogen-bond donors (Lipinski definition) is 1. The molecule has 0 aliphatic heterocycles. The number of alkyl halides is 2. The van der Waals surface area contributed by atoms with E-state index in [9.17, 15) is 13.6 Å². The number of primary amides is 1. The smallest absolute Gasteiger partial charge is 0.259 e. The lowest BCUT2D eigenvalue weighted by molar-refractivity contribution is -0.142. The van der Waals surface area contributed by atoms with Crippen molar-refractivity contribution in [2.45, 2.75) is 31.6 Å². The summed E-state index contributed by atoms with van der Waals surface area (Å²) >= 11 is 0. The average Bonchev–Trinajstić information content (AvgIpc) is 1.85. The van der Waals surface area contributed by atoms with Crippen molar-refractivity contribution < 1.29 is 13.6 Å². The van der Waals surface area contributed by atoms with E-state index in [4.69, 9.17) is 5.73 Å². The van der Waals surface area contributed by atoms with Gasteiger partial charge in [-0.05, 0) is 12.8 Å². The summed E-state index contributed by atoms with van der Waals surface area (Å²) in [5.41, 5.74) is 4.82. The van der Waals surface area contributed by atoms with Gasteiger partial charge in [0.25, 0.3) is 5.92 Å². The molecule has 1 atom stereocenters. The Morgan fingerprint density at radius 1 is 1.45 bits per heavy atom. The fraction of sp³-hybridized carbons (Fsp3) is 0.857. The average molecular weight is 163 g/mol. The van der Waals surface area contributed by atoms with Gasteiger partial charge in [0, 0.05) is 6.42 Å². The van der Waals surface area contributed by atoms with Crippen molar-refractivity contribution in [3.05, 3.63) is 0 Å². The van der Waals surface area contributed by atoms with Crippen LogP contribution in [0.5, 0.6) is 0 Å². The molecule has 0 saturated heterocycles. The van der Waals surface area contributed by atoms with Gasteiger partial charge in [-0.3, -0.25) is 4.79 Å². The minimum absolute atomic E-state index is 0.194. The van der Waals surface area contributed by atoms with Crippen molar-refractivity contribution in [3.63, 3.8) is 0 Å². The van der Waals surface area contributed by atoms with E-state index in [2.05, 4.69) is 0 Å². The van der Waals surface area contributed by atoms with Gasteiger partial charge in [-0.25, -0.2) is 8.78 Å². The Morgan fingerprint density at radius 2 is 2.09 bits per heavy atom. The highest BCUT2D eigenvalue weighted by Crippen LogP contribution is 2.37. The SMILES string of the molecule is NC(=O)[C@H]1CCCCC1(F)F. The molecule has 1 fully saturated rings. The molecule has 0 bridgehead atoms. The zero-order chi connectivity index (χ0) is 8.48. The molecule has 1 saturated carbocycles. The molecule has 0 heterocycles. The van der Waals surface area contributed by atoms with Crippen LogP contribution in [0.4, 0.5) is 8.78 Å². The number of halogens is 2. The molecule has 4 heteroatoms. The van der Waals surface area contributed by atoms with E-state index in [1.54, 1.807) is 0 Å².